The molecule has 2 saturated heterocycles. The molecule has 1 N–H and O–H groups in total. The molecule has 0 aliphatic carbocycles. The fourth-order valence-electron chi connectivity index (χ4n) is 3.42. The summed E-state index contributed by atoms with van der Waals surface area (Å²) in [6, 6.07) is 8.46. The maximum absolute atomic E-state index is 5.92. The number of morpholine rings is 1. The number of hydrogen-bond donors (Lipinski definition) is 1. The third kappa shape index (κ3) is 4.93. The number of ether oxygens (including phenoxy) is 3. The van der Waals surface area contributed by atoms with Crippen LogP contribution in [-0.2, 0) is 27.4 Å². The fourth-order valence-corrected chi connectivity index (χ4v) is 3.42. The minimum absolute atomic E-state index is 0.142. The lowest BCUT2D eigenvalue weighted by Gasteiger charge is -2.37. The Morgan fingerprint density at radius 3 is 2.64 bits per heavy atom. The summed E-state index contributed by atoms with van der Waals surface area (Å²) in [5, 5.41) is 3.47. The first-order valence-corrected chi connectivity index (χ1v) is 9.05. The van der Waals surface area contributed by atoms with E-state index >= 15 is 0 Å². The number of nitrogens with zero attached hydrogens (tertiary/aromatic N) is 2. The van der Waals surface area contributed by atoms with Gasteiger partial charge in [0.2, 0.25) is 0 Å². The molecule has 0 bridgehead atoms. The predicted octanol–water partition coefficient (Wildman–Crippen LogP) is 1.79. The first-order chi connectivity index (χ1) is 12.3. The van der Waals surface area contributed by atoms with Crippen molar-refractivity contribution in [2.45, 2.75) is 38.2 Å². The molecule has 0 radical (unpaired) electrons. The molecule has 25 heavy (non-hydrogen) atoms. The highest BCUT2D eigenvalue weighted by Crippen LogP contribution is 2.21. The molecule has 6 heteroatoms. The molecule has 0 amide bonds. The highest BCUT2D eigenvalue weighted by atomic mass is 16.5. The molecule has 138 valence electrons. The quantitative estimate of drug-likeness (QED) is 0.650. The van der Waals surface area contributed by atoms with Crippen molar-refractivity contribution in [3.63, 3.8) is 0 Å². The number of rotatable bonds is 5. The van der Waals surface area contributed by atoms with E-state index in [0.717, 1.165) is 51.6 Å². The third-order valence-corrected chi connectivity index (χ3v) is 4.77. The maximum atomic E-state index is 5.92. The van der Waals surface area contributed by atoms with Crippen molar-refractivity contribution in [3.05, 3.63) is 35.4 Å². The lowest BCUT2D eigenvalue weighted by atomic mass is 10.1. The van der Waals surface area contributed by atoms with Crippen LogP contribution in [0.4, 0.5) is 0 Å². The normalized spacial score (nSPS) is 24.6. The molecule has 3 rings (SSSR count). The fraction of sp³-hybridized carbons (Fsp3) is 0.632. The van der Waals surface area contributed by atoms with Gasteiger partial charge in [-0.25, -0.2) is 0 Å². The molecule has 0 saturated carbocycles. The largest absolute Gasteiger partial charge is 0.380 e. The molecular weight excluding hydrogens is 318 g/mol. The van der Waals surface area contributed by atoms with Gasteiger partial charge in [-0.3, -0.25) is 4.99 Å². The number of hydrogen-bond acceptors (Lipinski definition) is 4. The molecule has 1 aromatic rings. The number of guanidine groups is 1. The molecule has 2 atom stereocenters. The van der Waals surface area contributed by atoms with Crippen molar-refractivity contribution >= 4 is 5.96 Å². The van der Waals surface area contributed by atoms with Gasteiger partial charge in [0.1, 0.15) is 6.10 Å². The molecule has 2 aliphatic rings. The van der Waals surface area contributed by atoms with Crippen molar-refractivity contribution in [3.8, 4) is 0 Å². The summed E-state index contributed by atoms with van der Waals surface area (Å²) in [5.74, 6) is 0.923. The van der Waals surface area contributed by atoms with E-state index in [-0.39, 0.29) is 12.2 Å². The molecule has 2 heterocycles. The monoisotopic (exact) mass is 347 g/mol. The minimum atomic E-state index is 0.142. The summed E-state index contributed by atoms with van der Waals surface area (Å²) in [6.07, 6.45) is 2.60. The van der Waals surface area contributed by atoms with Crippen LogP contribution < -0.4 is 5.32 Å². The Hall–Kier alpha value is -1.63. The third-order valence-electron chi connectivity index (χ3n) is 4.77. The second-order valence-corrected chi connectivity index (χ2v) is 6.56. The summed E-state index contributed by atoms with van der Waals surface area (Å²) in [5.41, 5.74) is 2.41. The number of benzene rings is 1. The molecule has 2 fully saturated rings. The lowest BCUT2D eigenvalue weighted by Crippen LogP contribution is -2.53. The zero-order valence-electron chi connectivity index (χ0n) is 15.2. The van der Waals surface area contributed by atoms with E-state index in [9.17, 15) is 0 Å². The van der Waals surface area contributed by atoms with Gasteiger partial charge in [0, 0.05) is 40.4 Å². The summed E-state index contributed by atoms with van der Waals surface area (Å²) in [4.78, 5) is 6.72. The summed E-state index contributed by atoms with van der Waals surface area (Å²) < 4.78 is 16.9. The summed E-state index contributed by atoms with van der Waals surface area (Å²) in [6.45, 7) is 4.66. The highest BCUT2D eigenvalue weighted by Gasteiger charge is 2.32. The van der Waals surface area contributed by atoms with Crippen LogP contribution >= 0.6 is 0 Å². The topological polar surface area (TPSA) is 55.3 Å². The smallest absolute Gasteiger partial charge is 0.194 e. The lowest BCUT2D eigenvalue weighted by molar-refractivity contribution is -0.0817. The van der Waals surface area contributed by atoms with E-state index in [1.54, 1.807) is 7.11 Å². The SMILES string of the molecule is CN=C(NCc1ccc(COC)cc1)N1CCOC(C2CCCO2)C1. The van der Waals surface area contributed by atoms with E-state index in [1.165, 1.54) is 11.1 Å². The summed E-state index contributed by atoms with van der Waals surface area (Å²) >= 11 is 0. The van der Waals surface area contributed by atoms with Crippen molar-refractivity contribution in [1.29, 1.82) is 0 Å². The standard InChI is InChI=1S/C19H29N3O3/c1-20-19(21-12-15-5-7-16(8-6-15)14-23-2)22-9-11-25-18(13-22)17-4-3-10-24-17/h5-8,17-18H,3-4,9-14H2,1-2H3,(H,20,21). The summed E-state index contributed by atoms with van der Waals surface area (Å²) in [7, 11) is 3.55. The van der Waals surface area contributed by atoms with E-state index in [4.69, 9.17) is 14.2 Å². The molecule has 2 aliphatic heterocycles. The van der Waals surface area contributed by atoms with Crippen LogP contribution in [0, 0.1) is 0 Å². The van der Waals surface area contributed by atoms with Crippen LogP contribution in [0.3, 0.4) is 0 Å². The second kappa shape index (κ2) is 9.17. The van der Waals surface area contributed by atoms with Crippen LogP contribution in [0.1, 0.15) is 24.0 Å². The Labute approximate surface area is 150 Å². The van der Waals surface area contributed by atoms with Gasteiger partial charge in [-0.05, 0) is 24.0 Å². The molecular formula is C19H29N3O3. The van der Waals surface area contributed by atoms with Crippen molar-refractivity contribution in [2.75, 3.05) is 40.5 Å². The average Bonchev–Trinajstić information content (AvgIpc) is 3.19. The van der Waals surface area contributed by atoms with Crippen LogP contribution in [0.25, 0.3) is 0 Å². The van der Waals surface area contributed by atoms with E-state index < -0.39 is 0 Å². The molecule has 2 unspecified atom stereocenters. The number of methoxy groups -OCH3 is 1. The van der Waals surface area contributed by atoms with Gasteiger partial charge in [-0.2, -0.15) is 0 Å². The van der Waals surface area contributed by atoms with Crippen LogP contribution in [-0.4, -0.2) is 63.5 Å². The maximum Gasteiger partial charge on any atom is 0.194 e. The second-order valence-electron chi connectivity index (χ2n) is 6.56. The van der Waals surface area contributed by atoms with E-state index in [2.05, 4.69) is 39.5 Å². The first kappa shape index (κ1) is 18.2. The van der Waals surface area contributed by atoms with Gasteiger partial charge < -0.3 is 24.4 Å². The van der Waals surface area contributed by atoms with Crippen LogP contribution in [0.2, 0.25) is 0 Å². The molecule has 6 nitrogen and oxygen atoms in total. The van der Waals surface area contributed by atoms with Gasteiger partial charge >= 0.3 is 0 Å². The molecule has 0 aromatic heterocycles. The van der Waals surface area contributed by atoms with Gasteiger partial charge in [-0.1, -0.05) is 24.3 Å². The number of aliphatic imine (C=N–C) groups is 1. The van der Waals surface area contributed by atoms with E-state index in [1.807, 2.05) is 7.05 Å². The van der Waals surface area contributed by atoms with E-state index in [0.29, 0.717) is 6.61 Å². The zero-order chi connectivity index (χ0) is 17.5. The van der Waals surface area contributed by atoms with Gasteiger partial charge in [0.15, 0.2) is 5.96 Å². The highest BCUT2D eigenvalue weighted by molar-refractivity contribution is 5.80. The van der Waals surface area contributed by atoms with Crippen molar-refractivity contribution < 1.29 is 14.2 Å². The Morgan fingerprint density at radius 2 is 1.96 bits per heavy atom. The molecule has 0 spiro atoms. The Morgan fingerprint density at radius 1 is 1.20 bits per heavy atom. The van der Waals surface area contributed by atoms with Crippen molar-refractivity contribution in [1.82, 2.24) is 10.2 Å². The first-order valence-electron chi connectivity index (χ1n) is 9.05. The van der Waals surface area contributed by atoms with Crippen LogP contribution in [0.5, 0.6) is 0 Å². The van der Waals surface area contributed by atoms with Gasteiger partial charge in [-0.15, -0.1) is 0 Å². The predicted molar refractivity (Wildman–Crippen MR) is 97.6 cm³/mol. The minimum Gasteiger partial charge on any atom is -0.380 e. The van der Waals surface area contributed by atoms with Gasteiger partial charge in [0.25, 0.3) is 0 Å². The van der Waals surface area contributed by atoms with Gasteiger partial charge in [0.05, 0.1) is 19.3 Å². The Bertz CT molecular complexity index is 556. The van der Waals surface area contributed by atoms with Crippen LogP contribution in [0.15, 0.2) is 29.3 Å². The molecule has 1 aromatic carbocycles. The Balaban J connectivity index is 1.53. The van der Waals surface area contributed by atoms with Crippen molar-refractivity contribution in [2.24, 2.45) is 4.99 Å². The zero-order valence-corrected chi connectivity index (χ0v) is 15.2. The number of nitrogens with one attached hydrogen (secondary N) is 1. The average molecular weight is 347 g/mol. The Kier molecular flexibility index (Phi) is 6.67.